The van der Waals surface area contributed by atoms with E-state index in [4.69, 9.17) is 4.42 Å². The zero-order valence-corrected chi connectivity index (χ0v) is 16.3. The van der Waals surface area contributed by atoms with Crippen LogP contribution < -0.4 is 4.90 Å². The van der Waals surface area contributed by atoms with Crippen molar-refractivity contribution in [1.29, 1.82) is 10.5 Å². The number of hydrogen-bond acceptors (Lipinski definition) is 5. The van der Waals surface area contributed by atoms with E-state index in [-0.39, 0.29) is 5.78 Å². The Balaban J connectivity index is 1.78. The molecule has 5 nitrogen and oxygen atoms in total. The van der Waals surface area contributed by atoms with Crippen molar-refractivity contribution in [2.75, 3.05) is 4.90 Å². The highest BCUT2D eigenvalue weighted by molar-refractivity contribution is 6.04. The molecule has 31 heavy (non-hydrogen) atoms. The third-order valence-corrected chi connectivity index (χ3v) is 6.14. The predicted molar refractivity (Wildman–Crippen MR) is 111 cm³/mol. The summed E-state index contributed by atoms with van der Waals surface area (Å²) in [6.45, 7) is 0. The first kappa shape index (κ1) is 18.8. The van der Waals surface area contributed by atoms with Crippen LogP contribution in [0.25, 0.3) is 6.08 Å². The molecular formula is C25H16FN3O2. The monoisotopic (exact) mass is 409 g/mol. The van der Waals surface area contributed by atoms with Crippen molar-refractivity contribution in [1.82, 2.24) is 0 Å². The van der Waals surface area contributed by atoms with Crippen LogP contribution >= 0.6 is 0 Å². The van der Waals surface area contributed by atoms with Gasteiger partial charge in [0.05, 0.1) is 30.4 Å². The third-order valence-electron chi connectivity index (χ3n) is 6.14. The Bertz CT molecular complexity index is 1250. The predicted octanol–water partition coefficient (Wildman–Crippen LogP) is 4.70. The number of rotatable bonds is 3. The maximum Gasteiger partial charge on any atom is 0.186 e. The Kier molecular flexibility index (Phi) is 4.23. The number of carbonyl (C=O) groups is 1. The first-order valence-electron chi connectivity index (χ1n) is 9.82. The van der Waals surface area contributed by atoms with E-state index >= 15 is 0 Å². The van der Waals surface area contributed by atoms with E-state index in [1.807, 2.05) is 6.07 Å². The number of fused-ring (bicyclic) bond motifs is 3. The zero-order valence-electron chi connectivity index (χ0n) is 16.3. The number of hydrogen-bond donors (Lipinski definition) is 0. The second-order valence-corrected chi connectivity index (χ2v) is 7.68. The van der Waals surface area contributed by atoms with Crippen molar-refractivity contribution in [3.8, 4) is 12.1 Å². The summed E-state index contributed by atoms with van der Waals surface area (Å²) in [7, 11) is 0. The van der Waals surface area contributed by atoms with Crippen molar-refractivity contribution < 1.29 is 13.6 Å². The molecule has 0 saturated carbocycles. The lowest BCUT2D eigenvalue weighted by Crippen LogP contribution is -2.44. The Morgan fingerprint density at radius 1 is 1.06 bits per heavy atom. The van der Waals surface area contributed by atoms with E-state index in [2.05, 4.69) is 12.1 Å². The Morgan fingerprint density at radius 3 is 2.52 bits per heavy atom. The number of ketones is 1. The van der Waals surface area contributed by atoms with E-state index in [1.165, 1.54) is 18.4 Å². The number of nitriles is 2. The van der Waals surface area contributed by atoms with Crippen LogP contribution in [0.4, 0.5) is 10.1 Å². The molecule has 3 unspecified atom stereocenters. The first-order valence-corrected chi connectivity index (χ1v) is 9.82. The van der Waals surface area contributed by atoms with Crippen LogP contribution in [0.5, 0.6) is 0 Å². The van der Waals surface area contributed by atoms with Crippen molar-refractivity contribution in [2.24, 2.45) is 5.41 Å². The quantitative estimate of drug-likeness (QED) is 0.586. The molecule has 2 aliphatic heterocycles. The number of Topliss-reactive ketones (excluding diaryl/α,β-unsaturated/α-hetero) is 1. The van der Waals surface area contributed by atoms with E-state index in [9.17, 15) is 19.7 Å². The fourth-order valence-electron chi connectivity index (χ4n) is 4.81. The zero-order chi connectivity index (χ0) is 21.6. The highest BCUT2D eigenvalue weighted by Crippen LogP contribution is 2.55. The van der Waals surface area contributed by atoms with E-state index in [0.717, 1.165) is 0 Å². The number of halogens is 1. The summed E-state index contributed by atoms with van der Waals surface area (Å²) in [5.41, 5.74) is 0.0852. The van der Waals surface area contributed by atoms with E-state index < -0.39 is 29.2 Å². The summed E-state index contributed by atoms with van der Waals surface area (Å²) < 4.78 is 19.5. The fourth-order valence-corrected chi connectivity index (χ4v) is 4.81. The number of furan rings is 1. The molecule has 150 valence electrons. The summed E-state index contributed by atoms with van der Waals surface area (Å²) >= 11 is 0. The van der Waals surface area contributed by atoms with Gasteiger partial charge in [0.15, 0.2) is 11.2 Å². The molecule has 3 aromatic rings. The summed E-state index contributed by atoms with van der Waals surface area (Å²) in [5.74, 6) is -1.08. The lowest BCUT2D eigenvalue weighted by atomic mass is 9.71. The van der Waals surface area contributed by atoms with Crippen LogP contribution in [-0.2, 0) is 0 Å². The largest absolute Gasteiger partial charge is 0.469 e. The van der Waals surface area contributed by atoms with Gasteiger partial charge in [0.25, 0.3) is 0 Å². The molecule has 2 aromatic carbocycles. The van der Waals surface area contributed by atoms with Gasteiger partial charge < -0.3 is 9.32 Å². The molecule has 0 bridgehead atoms. The minimum atomic E-state index is -1.57. The summed E-state index contributed by atoms with van der Waals surface area (Å²) in [6, 6.07) is 19.2. The number of anilines is 1. The Labute approximate surface area is 178 Å². The number of carbonyl (C=O) groups excluding carboxylic acids is 1. The molecule has 0 amide bonds. The lowest BCUT2D eigenvalue weighted by Gasteiger charge is -2.35. The van der Waals surface area contributed by atoms with Gasteiger partial charge >= 0.3 is 0 Å². The van der Waals surface area contributed by atoms with Gasteiger partial charge in [0.2, 0.25) is 0 Å². The molecule has 0 radical (unpaired) electrons. The van der Waals surface area contributed by atoms with Gasteiger partial charge in [-0.3, -0.25) is 4.79 Å². The third kappa shape index (κ3) is 2.62. The maximum atomic E-state index is 13.9. The van der Waals surface area contributed by atoms with Gasteiger partial charge in [-0.05, 0) is 30.3 Å². The maximum absolute atomic E-state index is 13.9. The Morgan fingerprint density at radius 2 is 1.84 bits per heavy atom. The van der Waals surface area contributed by atoms with Crippen LogP contribution in [0.1, 0.15) is 27.6 Å². The van der Waals surface area contributed by atoms with Crippen LogP contribution in [0.2, 0.25) is 0 Å². The van der Waals surface area contributed by atoms with Gasteiger partial charge in [-0.2, -0.15) is 10.5 Å². The summed E-state index contributed by atoms with van der Waals surface area (Å²) in [6.07, 6.45) is 4.88. The topological polar surface area (TPSA) is 81.0 Å². The first-order chi connectivity index (χ1) is 15.1. The van der Waals surface area contributed by atoms with E-state index in [0.29, 0.717) is 22.6 Å². The smallest absolute Gasteiger partial charge is 0.186 e. The van der Waals surface area contributed by atoms with Crippen molar-refractivity contribution in [2.45, 2.75) is 18.0 Å². The molecule has 0 spiro atoms. The molecule has 2 aliphatic rings. The standard InChI is InChI=1S/C25H16FN3O2/c26-18-9-10-19-17(13-18)8-11-21-25(14-27,15-28)22(20-7-4-12-31-20)23(29(19)21)24(30)16-5-2-1-3-6-16/h1-13,21-23H. The molecule has 6 heteroatoms. The van der Waals surface area contributed by atoms with Crippen LogP contribution in [0.3, 0.4) is 0 Å². The molecule has 0 N–H and O–H groups in total. The molecule has 1 saturated heterocycles. The van der Waals surface area contributed by atoms with Gasteiger partial charge in [-0.1, -0.05) is 42.5 Å². The summed E-state index contributed by atoms with van der Waals surface area (Å²) in [4.78, 5) is 15.6. The molecule has 1 fully saturated rings. The van der Waals surface area contributed by atoms with Gasteiger partial charge in [0, 0.05) is 16.8 Å². The Hall–Kier alpha value is -4.16. The highest BCUT2D eigenvalue weighted by atomic mass is 19.1. The second kappa shape index (κ2) is 6.97. The van der Waals surface area contributed by atoms with E-state index in [1.54, 1.807) is 59.5 Å². The highest BCUT2D eigenvalue weighted by Gasteiger charge is 2.64. The molecule has 1 aromatic heterocycles. The number of benzene rings is 2. The minimum absolute atomic E-state index is 0.232. The molecular weight excluding hydrogens is 393 g/mol. The SMILES string of the molecule is N#CC1(C#N)C(c2ccco2)C(C(=O)c2ccccc2)N2c3ccc(F)cc3C=CC21. The normalized spacial score (nSPS) is 22.8. The van der Waals surface area contributed by atoms with Crippen molar-refractivity contribution in [3.05, 3.63) is 95.7 Å². The van der Waals surface area contributed by atoms with Crippen molar-refractivity contribution in [3.63, 3.8) is 0 Å². The van der Waals surface area contributed by atoms with Crippen molar-refractivity contribution >= 4 is 17.5 Å². The average Bonchev–Trinajstić information content (AvgIpc) is 3.43. The van der Waals surface area contributed by atoms with Gasteiger partial charge in [-0.25, -0.2) is 4.39 Å². The fraction of sp³-hybridized carbons (Fsp3) is 0.160. The minimum Gasteiger partial charge on any atom is -0.469 e. The molecule has 5 rings (SSSR count). The lowest BCUT2D eigenvalue weighted by molar-refractivity contribution is 0.0946. The summed E-state index contributed by atoms with van der Waals surface area (Å²) in [5, 5.41) is 20.5. The molecule has 0 aliphatic carbocycles. The van der Waals surface area contributed by atoms with Crippen LogP contribution in [0.15, 0.2) is 77.4 Å². The molecule has 3 atom stereocenters. The van der Waals surface area contributed by atoms with Crippen LogP contribution in [-0.4, -0.2) is 17.9 Å². The van der Waals surface area contributed by atoms with Crippen LogP contribution in [0, 0.1) is 33.9 Å². The average molecular weight is 409 g/mol. The second-order valence-electron chi connectivity index (χ2n) is 7.68. The van der Waals surface area contributed by atoms with Gasteiger partial charge in [0.1, 0.15) is 17.6 Å². The molecule has 3 heterocycles. The number of nitrogens with zero attached hydrogens (tertiary/aromatic N) is 3. The van der Waals surface area contributed by atoms with Gasteiger partial charge in [-0.15, -0.1) is 0 Å².